The molecule has 20 heavy (non-hydrogen) atoms. The van der Waals surface area contributed by atoms with Gasteiger partial charge < -0.3 is 4.74 Å². The van der Waals surface area contributed by atoms with Crippen molar-refractivity contribution in [3.8, 4) is 0 Å². The molecule has 0 amide bonds. The molecule has 0 radical (unpaired) electrons. The van der Waals surface area contributed by atoms with Crippen LogP contribution < -0.4 is 5.48 Å². The van der Waals surface area contributed by atoms with Crippen molar-refractivity contribution in [3.05, 3.63) is 24.3 Å². The fourth-order valence-electron chi connectivity index (χ4n) is 1.61. The van der Waals surface area contributed by atoms with E-state index in [4.69, 9.17) is 9.57 Å². The summed E-state index contributed by atoms with van der Waals surface area (Å²) in [5.74, 6) is 0.765. The molecular weight excluding hydrogens is 260 g/mol. The van der Waals surface area contributed by atoms with Gasteiger partial charge in [0.1, 0.15) is 12.7 Å². The minimum Gasteiger partial charge on any atom is -0.463 e. The minimum absolute atomic E-state index is 0.196. The van der Waals surface area contributed by atoms with Gasteiger partial charge in [0.05, 0.1) is 6.54 Å². The molecule has 1 N–H and O–H groups in total. The van der Waals surface area contributed by atoms with Gasteiger partial charge in [-0.2, -0.15) is 0 Å². The van der Waals surface area contributed by atoms with Gasteiger partial charge in [-0.1, -0.05) is 13.3 Å². The van der Waals surface area contributed by atoms with Crippen molar-refractivity contribution in [2.24, 2.45) is 4.99 Å². The first-order valence-electron chi connectivity index (χ1n) is 6.68. The Morgan fingerprint density at radius 1 is 1.50 bits per heavy atom. The van der Waals surface area contributed by atoms with Crippen LogP contribution in [-0.4, -0.2) is 41.0 Å². The lowest BCUT2D eigenvalue weighted by atomic mass is 10.2. The van der Waals surface area contributed by atoms with Crippen molar-refractivity contribution in [3.63, 3.8) is 0 Å². The van der Waals surface area contributed by atoms with E-state index in [-0.39, 0.29) is 18.7 Å². The van der Waals surface area contributed by atoms with Crippen molar-refractivity contribution in [2.45, 2.75) is 32.3 Å². The number of unbranched alkanes of at least 4 members (excludes halogenated alkanes) is 1. The maximum absolute atomic E-state index is 11.4. The average molecular weight is 278 g/mol. The minimum atomic E-state index is -0.284. The molecule has 0 unspecified atom stereocenters. The zero-order chi connectivity index (χ0) is 14.2. The number of aromatic nitrogens is 2. The van der Waals surface area contributed by atoms with Crippen LogP contribution in [0.25, 0.3) is 0 Å². The summed E-state index contributed by atoms with van der Waals surface area (Å²) in [6, 6.07) is 1.73. The number of carbonyl (C=O) groups excluding carboxylic acids is 1. The van der Waals surface area contributed by atoms with E-state index in [0.29, 0.717) is 24.6 Å². The summed E-state index contributed by atoms with van der Waals surface area (Å²) in [5, 5.41) is 0. The molecule has 0 fully saturated rings. The summed E-state index contributed by atoms with van der Waals surface area (Å²) >= 11 is 0. The summed E-state index contributed by atoms with van der Waals surface area (Å²) in [5.41, 5.74) is 2.69. The molecule has 1 atom stereocenters. The first-order chi connectivity index (χ1) is 9.79. The number of amidine groups is 1. The number of carbonyl (C=O) groups is 1. The van der Waals surface area contributed by atoms with Gasteiger partial charge in [0, 0.05) is 18.8 Å². The van der Waals surface area contributed by atoms with E-state index in [1.54, 1.807) is 18.5 Å². The number of hydrogen-bond donors (Lipinski definition) is 1. The summed E-state index contributed by atoms with van der Waals surface area (Å²) in [6.45, 7) is 2.63. The number of ether oxygens (including phenoxy) is 1. The van der Waals surface area contributed by atoms with Gasteiger partial charge in [0.25, 0.3) is 0 Å². The zero-order valence-corrected chi connectivity index (χ0v) is 11.4. The van der Waals surface area contributed by atoms with E-state index in [1.807, 2.05) is 6.92 Å². The molecule has 0 bridgehead atoms. The molecule has 0 spiro atoms. The fraction of sp³-hybridized carbons (Fsp3) is 0.538. The van der Waals surface area contributed by atoms with E-state index in [1.165, 1.54) is 0 Å². The van der Waals surface area contributed by atoms with E-state index in [2.05, 4.69) is 20.4 Å². The molecule has 2 rings (SSSR count). The van der Waals surface area contributed by atoms with Crippen molar-refractivity contribution >= 4 is 11.8 Å². The SMILES string of the molecule is CCCCC(=O)OC[C@H]1CN=C(c2ncccn2)NO1. The van der Waals surface area contributed by atoms with E-state index >= 15 is 0 Å². The number of hydrogen-bond acceptors (Lipinski definition) is 7. The highest BCUT2D eigenvalue weighted by atomic mass is 16.7. The highest BCUT2D eigenvalue weighted by Gasteiger charge is 2.19. The van der Waals surface area contributed by atoms with Crippen LogP contribution in [0.5, 0.6) is 0 Å². The summed E-state index contributed by atoms with van der Waals surface area (Å²) in [7, 11) is 0. The molecule has 1 aliphatic rings. The first-order valence-corrected chi connectivity index (χ1v) is 6.68. The predicted octanol–water partition coefficient (Wildman–Crippen LogP) is 0.860. The van der Waals surface area contributed by atoms with Crippen LogP contribution in [0.3, 0.4) is 0 Å². The maximum atomic E-state index is 11.4. The monoisotopic (exact) mass is 278 g/mol. The van der Waals surface area contributed by atoms with Crippen LogP contribution in [0.2, 0.25) is 0 Å². The number of aliphatic imine (C=N–C) groups is 1. The second-order valence-corrected chi connectivity index (χ2v) is 4.39. The van der Waals surface area contributed by atoms with Gasteiger partial charge in [0.15, 0.2) is 11.7 Å². The van der Waals surface area contributed by atoms with Crippen LogP contribution >= 0.6 is 0 Å². The van der Waals surface area contributed by atoms with Crippen molar-refractivity contribution in [1.29, 1.82) is 0 Å². The smallest absolute Gasteiger partial charge is 0.305 e. The molecule has 0 aromatic carbocycles. The molecule has 108 valence electrons. The van der Waals surface area contributed by atoms with Gasteiger partial charge >= 0.3 is 5.97 Å². The standard InChI is InChI=1S/C13H18N4O3/c1-2-3-5-11(18)19-9-10-8-16-13(17-20-10)12-14-6-4-7-15-12/h4,6-7,10H,2-3,5,8-9H2,1H3,(H,16,17)/t10-/m1/s1. The number of hydroxylamine groups is 1. The van der Waals surface area contributed by atoms with Gasteiger partial charge in [-0.05, 0) is 12.5 Å². The quantitative estimate of drug-likeness (QED) is 0.777. The zero-order valence-electron chi connectivity index (χ0n) is 11.4. The number of rotatable bonds is 6. The number of esters is 1. The van der Waals surface area contributed by atoms with Crippen molar-refractivity contribution < 1.29 is 14.4 Å². The van der Waals surface area contributed by atoms with Crippen LogP contribution in [-0.2, 0) is 14.4 Å². The molecule has 0 saturated carbocycles. The Kier molecular flexibility index (Phi) is 5.43. The lowest BCUT2D eigenvalue weighted by Crippen LogP contribution is -2.40. The van der Waals surface area contributed by atoms with Crippen LogP contribution in [0.4, 0.5) is 0 Å². The van der Waals surface area contributed by atoms with Gasteiger partial charge in [0.2, 0.25) is 0 Å². The second-order valence-electron chi connectivity index (χ2n) is 4.39. The third-order valence-corrected chi connectivity index (χ3v) is 2.72. The highest BCUT2D eigenvalue weighted by Crippen LogP contribution is 2.04. The predicted molar refractivity (Wildman–Crippen MR) is 71.9 cm³/mol. The Morgan fingerprint density at radius 2 is 2.30 bits per heavy atom. The van der Waals surface area contributed by atoms with E-state index in [9.17, 15) is 4.79 Å². The Hall–Kier alpha value is -2.02. The number of nitrogens with zero attached hydrogens (tertiary/aromatic N) is 3. The summed E-state index contributed by atoms with van der Waals surface area (Å²) < 4.78 is 5.12. The molecule has 2 heterocycles. The summed E-state index contributed by atoms with van der Waals surface area (Å²) in [6.07, 6.45) is 5.25. The normalized spacial score (nSPS) is 18.1. The molecule has 7 nitrogen and oxygen atoms in total. The number of nitrogens with one attached hydrogen (secondary N) is 1. The van der Waals surface area contributed by atoms with Crippen LogP contribution in [0, 0.1) is 0 Å². The Balaban J connectivity index is 1.76. The van der Waals surface area contributed by atoms with Crippen LogP contribution in [0.15, 0.2) is 23.5 Å². The molecule has 0 aliphatic carbocycles. The Bertz CT molecular complexity index is 464. The Labute approximate surface area is 117 Å². The largest absolute Gasteiger partial charge is 0.463 e. The van der Waals surface area contributed by atoms with Gasteiger partial charge in [-0.25, -0.2) is 15.4 Å². The highest BCUT2D eigenvalue weighted by molar-refractivity contribution is 5.94. The fourth-order valence-corrected chi connectivity index (χ4v) is 1.61. The molecule has 0 saturated heterocycles. The Morgan fingerprint density at radius 3 is 2.95 bits per heavy atom. The lowest BCUT2D eigenvalue weighted by molar-refractivity contribution is -0.149. The summed E-state index contributed by atoms with van der Waals surface area (Å²) in [4.78, 5) is 29.2. The van der Waals surface area contributed by atoms with Crippen molar-refractivity contribution in [2.75, 3.05) is 13.2 Å². The lowest BCUT2D eigenvalue weighted by Gasteiger charge is -2.21. The second kappa shape index (κ2) is 7.54. The molecule has 1 aromatic rings. The first kappa shape index (κ1) is 14.4. The molecular formula is C13H18N4O3. The third-order valence-electron chi connectivity index (χ3n) is 2.72. The molecule has 1 aromatic heterocycles. The third kappa shape index (κ3) is 4.27. The topological polar surface area (TPSA) is 85.7 Å². The molecule has 7 heteroatoms. The van der Waals surface area contributed by atoms with Crippen LogP contribution in [0.1, 0.15) is 32.0 Å². The average Bonchev–Trinajstić information content (AvgIpc) is 2.52. The van der Waals surface area contributed by atoms with Gasteiger partial charge in [-0.15, -0.1) is 0 Å². The molecule has 1 aliphatic heterocycles. The van der Waals surface area contributed by atoms with E-state index in [0.717, 1.165) is 12.8 Å². The van der Waals surface area contributed by atoms with Crippen molar-refractivity contribution in [1.82, 2.24) is 15.4 Å². The van der Waals surface area contributed by atoms with E-state index < -0.39 is 0 Å². The van der Waals surface area contributed by atoms with Gasteiger partial charge in [-0.3, -0.25) is 14.6 Å². The maximum Gasteiger partial charge on any atom is 0.305 e.